The number of H-pyrrole nitrogens is 1. The number of rotatable bonds is 4. The maximum atomic E-state index is 11.8. The number of nitrogens with one attached hydrogen (secondary N) is 2. The molecule has 1 aliphatic carbocycles. The minimum atomic E-state index is -0.276. The van der Waals surface area contributed by atoms with Gasteiger partial charge in [-0.05, 0) is 25.7 Å². The minimum Gasteiger partial charge on any atom is -0.344 e. The molecule has 5 nitrogen and oxygen atoms in total. The average molecular weight is 208 g/mol. The fourth-order valence-electron chi connectivity index (χ4n) is 1.75. The van der Waals surface area contributed by atoms with Crippen LogP contribution in [0.3, 0.4) is 0 Å². The van der Waals surface area contributed by atoms with E-state index in [1.165, 1.54) is 12.5 Å². The summed E-state index contributed by atoms with van der Waals surface area (Å²) in [6.07, 6.45) is 5.30. The molecule has 1 saturated carbocycles. The van der Waals surface area contributed by atoms with E-state index in [9.17, 15) is 4.79 Å². The van der Waals surface area contributed by atoms with Crippen molar-refractivity contribution in [3.63, 3.8) is 0 Å². The van der Waals surface area contributed by atoms with Crippen LogP contribution in [0.1, 0.15) is 30.3 Å². The first kappa shape index (κ1) is 10.2. The molecule has 1 heterocycles. The summed E-state index contributed by atoms with van der Waals surface area (Å²) in [6, 6.07) is 0. The Morgan fingerprint density at radius 2 is 2.53 bits per heavy atom. The average Bonchev–Trinajstić information content (AvgIpc) is 2.94. The van der Waals surface area contributed by atoms with Gasteiger partial charge in [0.2, 0.25) is 0 Å². The van der Waals surface area contributed by atoms with Crippen molar-refractivity contribution >= 4 is 5.91 Å². The Morgan fingerprint density at radius 3 is 3.00 bits per heavy atom. The molecule has 1 aromatic rings. The van der Waals surface area contributed by atoms with E-state index < -0.39 is 0 Å². The van der Waals surface area contributed by atoms with Crippen LogP contribution in [-0.4, -0.2) is 28.0 Å². The van der Waals surface area contributed by atoms with E-state index in [1.54, 1.807) is 0 Å². The van der Waals surface area contributed by atoms with Crippen molar-refractivity contribution in [3.8, 4) is 0 Å². The van der Waals surface area contributed by atoms with Crippen molar-refractivity contribution in [3.05, 3.63) is 18.2 Å². The molecule has 15 heavy (non-hydrogen) atoms. The number of nitrogens with two attached hydrogens (primary N) is 1. The molecule has 5 heteroatoms. The highest BCUT2D eigenvalue weighted by Gasteiger charge is 2.41. The van der Waals surface area contributed by atoms with Gasteiger partial charge in [0.15, 0.2) is 0 Å². The van der Waals surface area contributed by atoms with E-state index in [-0.39, 0.29) is 11.4 Å². The topological polar surface area (TPSA) is 83.8 Å². The molecule has 1 fully saturated rings. The summed E-state index contributed by atoms with van der Waals surface area (Å²) in [4.78, 5) is 18.4. The SMILES string of the molecule is CC(CN)(NC(=O)c1cnc[nH]1)C1CC1. The Bertz CT molecular complexity index is 344. The van der Waals surface area contributed by atoms with Gasteiger partial charge in [-0.3, -0.25) is 4.79 Å². The molecule has 0 bridgehead atoms. The molecule has 0 aliphatic heterocycles. The highest BCUT2D eigenvalue weighted by Crippen LogP contribution is 2.39. The molecule has 4 N–H and O–H groups in total. The van der Waals surface area contributed by atoms with Gasteiger partial charge in [0.1, 0.15) is 5.69 Å². The first-order chi connectivity index (χ1) is 7.15. The molecule has 1 amide bonds. The molecule has 1 aromatic heterocycles. The second kappa shape index (κ2) is 3.66. The Balaban J connectivity index is 2.04. The van der Waals surface area contributed by atoms with Gasteiger partial charge in [0, 0.05) is 6.54 Å². The summed E-state index contributed by atoms with van der Waals surface area (Å²) in [5, 5.41) is 2.97. The van der Waals surface area contributed by atoms with Gasteiger partial charge in [-0.15, -0.1) is 0 Å². The van der Waals surface area contributed by atoms with Crippen molar-refractivity contribution < 1.29 is 4.79 Å². The van der Waals surface area contributed by atoms with Gasteiger partial charge in [-0.2, -0.15) is 0 Å². The van der Waals surface area contributed by atoms with Crippen molar-refractivity contribution in [1.29, 1.82) is 0 Å². The summed E-state index contributed by atoms with van der Waals surface area (Å²) < 4.78 is 0. The van der Waals surface area contributed by atoms with Crippen LogP contribution in [0.2, 0.25) is 0 Å². The zero-order chi connectivity index (χ0) is 10.9. The smallest absolute Gasteiger partial charge is 0.269 e. The number of imidazole rings is 1. The van der Waals surface area contributed by atoms with E-state index in [1.807, 2.05) is 6.92 Å². The lowest BCUT2D eigenvalue weighted by Gasteiger charge is -2.29. The number of hydrogen-bond acceptors (Lipinski definition) is 3. The Hall–Kier alpha value is -1.36. The first-order valence-corrected chi connectivity index (χ1v) is 5.16. The number of amides is 1. The fourth-order valence-corrected chi connectivity index (χ4v) is 1.75. The summed E-state index contributed by atoms with van der Waals surface area (Å²) in [7, 11) is 0. The number of aromatic amines is 1. The Kier molecular flexibility index (Phi) is 2.48. The molecule has 1 atom stereocenters. The maximum absolute atomic E-state index is 11.8. The van der Waals surface area contributed by atoms with Gasteiger partial charge in [0.25, 0.3) is 5.91 Å². The van der Waals surface area contributed by atoms with Crippen LogP contribution < -0.4 is 11.1 Å². The molecule has 82 valence electrons. The third-order valence-electron chi connectivity index (χ3n) is 3.04. The monoisotopic (exact) mass is 208 g/mol. The van der Waals surface area contributed by atoms with Crippen molar-refractivity contribution in [1.82, 2.24) is 15.3 Å². The summed E-state index contributed by atoms with van der Waals surface area (Å²) in [5.41, 5.74) is 5.92. The van der Waals surface area contributed by atoms with Crippen LogP contribution in [0.4, 0.5) is 0 Å². The van der Waals surface area contributed by atoms with Crippen LogP contribution in [0, 0.1) is 5.92 Å². The van der Waals surface area contributed by atoms with E-state index >= 15 is 0 Å². The molecular formula is C10H16N4O. The fraction of sp³-hybridized carbons (Fsp3) is 0.600. The quantitative estimate of drug-likeness (QED) is 0.664. The molecule has 0 radical (unpaired) electrons. The molecule has 0 saturated heterocycles. The summed E-state index contributed by atoms with van der Waals surface area (Å²) in [5.74, 6) is 0.390. The van der Waals surface area contributed by atoms with Gasteiger partial charge >= 0.3 is 0 Å². The van der Waals surface area contributed by atoms with Crippen LogP contribution in [0.25, 0.3) is 0 Å². The predicted molar refractivity (Wildman–Crippen MR) is 56.2 cm³/mol. The standard InChI is InChI=1S/C10H16N4O/c1-10(5-11,7-2-3-7)14-9(15)8-4-12-6-13-8/h4,6-7H,2-3,5,11H2,1H3,(H,12,13)(H,14,15). The van der Waals surface area contributed by atoms with E-state index in [4.69, 9.17) is 5.73 Å². The number of carbonyl (C=O) groups excluding carboxylic acids is 1. The largest absolute Gasteiger partial charge is 0.344 e. The van der Waals surface area contributed by atoms with Crippen LogP contribution in [0.15, 0.2) is 12.5 Å². The number of nitrogens with zero attached hydrogens (tertiary/aromatic N) is 1. The zero-order valence-electron chi connectivity index (χ0n) is 8.79. The first-order valence-electron chi connectivity index (χ1n) is 5.16. The third-order valence-corrected chi connectivity index (χ3v) is 3.04. The molecular weight excluding hydrogens is 192 g/mol. The summed E-state index contributed by atoms with van der Waals surface area (Å²) in [6.45, 7) is 2.47. The number of hydrogen-bond donors (Lipinski definition) is 3. The lowest BCUT2D eigenvalue weighted by atomic mass is 9.96. The van der Waals surface area contributed by atoms with E-state index in [0.717, 1.165) is 12.8 Å². The van der Waals surface area contributed by atoms with Crippen molar-refractivity contribution in [2.45, 2.75) is 25.3 Å². The number of aromatic nitrogens is 2. The van der Waals surface area contributed by atoms with Crippen molar-refractivity contribution in [2.24, 2.45) is 11.7 Å². The highest BCUT2D eigenvalue weighted by molar-refractivity contribution is 5.92. The van der Waals surface area contributed by atoms with Gasteiger partial charge in [-0.1, -0.05) is 0 Å². The molecule has 1 aliphatic rings. The van der Waals surface area contributed by atoms with Crippen LogP contribution in [-0.2, 0) is 0 Å². The maximum Gasteiger partial charge on any atom is 0.269 e. The zero-order valence-corrected chi connectivity index (χ0v) is 8.79. The minimum absolute atomic E-state index is 0.132. The van der Waals surface area contributed by atoms with Crippen LogP contribution >= 0.6 is 0 Å². The second-order valence-electron chi connectivity index (χ2n) is 4.32. The Morgan fingerprint density at radius 1 is 1.80 bits per heavy atom. The lowest BCUT2D eigenvalue weighted by Crippen LogP contribution is -2.53. The van der Waals surface area contributed by atoms with Gasteiger partial charge in [-0.25, -0.2) is 4.98 Å². The van der Waals surface area contributed by atoms with Crippen molar-refractivity contribution in [2.75, 3.05) is 6.54 Å². The molecule has 0 aromatic carbocycles. The number of carbonyl (C=O) groups is 1. The van der Waals surface area contributed by atoms with Gasteiger partial charge < -0.3 is 16.0 Å². The molecule has 0 spiro atoms. The van der Waals surface area contributed by atoms with Gasteiger partial charge in [0.05, 0.1) is 18.1 Å². The normalized spacial score (nSPS) is 19.6. The highest BCUT2D eigenvalue weighted by atomic mass is 16.2. The van der Waals surface area contributed by atoms with E-state index in [2.05, 4.69) is 15.3 Å². The van der Waals surface area contributed by atoms with Crippen LogP contribution in [0.5, 0.6) is 0 Å². The molecule has 1 unspecified atom stereocenters. The molecule has 2 rings (SSSR count). The second-order valence-corrected chi connectivity index (χ2v) is 4.32. The lowest BCUT2D eigenvalue weighted by molar-refractivity contribution is 0.0893. The van der Waals surface area contributed by atoms with E-state index in [0.29, 0.717) is 18.2 Å². The third kappa shape index (κ3) is 2.02. The summed E-state index contributed by atoms with van der Waals surface area (Å²) >= 11 is 0. The predicted octanol–water partition coefficient (Wildman–Crippen LogP) is 0.267. The Labute approximate surface area is 88.5 Å².